The summed E-state index contributed by atoms with van der Waals surface area (Å²) in [5.41, 5.74) is 4.08. The van der Waals surface area contributed by atoms with Crippen LogP contribution < -0.4 is 5.32 Å². The van der Waals surface area contributed by atoms with Gasteiger partial charge in [-0.05, 0) is 32.4 Å². The van der Waals surface area contributed by atoms with E-state index in [1.165, 1.54) is 0 Å². The van der Waals surface area contributed by atoms with Gasteiger partial charge in [-0.3, -0.25) is 9.36 Å². The van der Waals surface area contributed by atoms with Crippen LogP contribution in [0, 0.1) is 6.92 Å². The molecule has 0 radical (unpaired) electrons. The first-order valence-electron chi connectivity index (χ1n) is 7.11. The molecular formula is C15H20N6. The third-order valence-corrected chi connectivity index (χ3v) is 3.55. The van der Waals surface area contributed by atoms with Gasteiger partial charge in [-0.1, -0.05) is 0 Å². The van der Waals surface area contributed by atoms with Crippen LogP contribution in [0.2, 0.25) is 0 Å². The van der Waals surface area contributed by atoms with Crippen molar-refractivity contribution in [2.24, 2.45) is 7.05 Å². The highest BCUT2D eigenvalue weighted by Crippen LogP contribution is 2.17. The Labute approximate surface area is 123 Å². The number of hydrogen-bond donors (Lipinski definition) is 1. The Morgan fingerprint density at radius 3 is 2.81 bits per heavy atom. The molecule has 0 aliphatic heterocycles. The minimum atomic E-state index is 0.372. The third-order valence-electron chi connectivity index (χ3n) is 3.55. The second-order valence-electron chi connectivity index (χ2n) is 5.58. The van der Waals surface area contributed by atoms with E-state index in [2.05, 4.69) is 40.4 Å². The zero-order valence-electron chi connectivity index (χ0n) is 12.8. The molecule has 0 saturated carbocycles. The minimum absolute atomic E-state index is 0.372. The molecule has 0 aliphatic carbocycles. The number of pyridine rings is 1. The van der Waals surface area contributed by atoms with E-state index < -0.39 is 0 Å². The highest BCUT2D eigenvalue weighted by Gasteiger charge is 2.07. The summed E-state index contributed by atoms with van der Waals surface area (Å²) in [4.78, 5) is 4.49. The number of fused-ring (bicyclic) bond motifs is 1. The largest absolute Gasteiger partial charge is 0.378 e. The van der Waals surface area contributed by atoms with Gasteiger partial charge in [0, 0.05) is 37.4 Å². The van der Waals surface area contributed by atoms with Crippen LogP contribution >= 0.6 is 0 Å². The van der Waals surface area contributed by atoms with Crippen molar-refractivity contribution in [2.75, 3.05) is 5.32 Å². The maximum absolute atomic E-state index is 4.49. The molecule has 3 aromatic rings. The molecule has 3 rings (SSSR count). The van der Waals surface area contributed by atoms with Crippen LogP contribution in [0.4, 0.5) is 5.69 Å². The zero-order valence-corrected chi connectivity index (χ0v) is 12.8. The van der Waals surface area contributed by atoms with Crippen LogP contribution in [0.3, 0.4) is 0 Å². The summed E-state index contributed by atoms with van der Waals surface area (Å²) >= 11 is 0. The number of hydrogen-bond acceptors (Lipinski definition) is 4. The van der Waals surface area contributed by atoms with Gasteiger partial charge in [0.25, 0.3) is 0 Å². The maximum atomic E-state index is 4.49. The van der Waals surface area contributed by atoms with Crippen molar-refractivity contribution in [3.8, 4) is 0 Å². The lowest BCUT2D eigenvalue weighted by Gasteiger charge is -2.05. The van der Waals surface area contributed by atoms with E-state index in [4.69, 9.17) is 0 Å². The normalized spacial score (nSPS) is 11.5. The van der Waals surface area contributed by atoms with Gasteiger partial charge in [0.2, 0.25) is 0 Å². The van der Waals surface area contributed by atoms with Gasteiger partial charge in [0.15, 0.2) is 5.65 Å². The fraction of sp³-hybridized carbons (Fsp3) is 0.400. The van der Waals surface area contributed by atoms with E-state index in [9.17, 15) is 0 Å². The van der Waals surface area contributed by atoms with Gasteiger partial charge in [-0.25, -0.2) is 4.98 Å². The summed E-state index contributed by atoms with van der Waals surface area (Å²) in [5.74, 6) is 0. The van der Waals surface area contributed by atoms with Crippen molar-refractivity contribution in [1.29, 1.82) is 0 Å². The molecule has 0 amide bonds. The van der Waals surface area contributed by atoms with Crippen LogP contribution in [0.5, 0.6) is 0 Å². The smallest absolute Gasteiger partial charge is 0.157 e. The molecule has 6 nitrogen and oxygen atoms in total. The van der Waals surface area contributed by atoms with E-state index in [1.54, 1.807) is 0 Å². The first kappa shape index (κ1) is 13.6. The van der Waals surface area contributed by atoms with Gasteiger partial charge in [-0.15, -0.1) is 0 Å². The molecule has 0 saturated heterocycles. The molecule has 0 bridgehead atoms. The summed E-state index contributed by atoms with van der Waals surface area (Å²) in [7, 11) is 1.92. The molecule has 21 heavy (non-hydrogen) atoms. The lowest BCUT2D eigenvalue weighted by atomic mass is 10.2. The predicted octanol–water partition coefficient (Wildman–Crippen LogP) is 2.67. The van der Waals surface area contributed by atoms with Gasteiger partial charge in [-0.2, -0.15) is 10.2 Å². The van der Waals surface area contributed by atoms with Gasteiger partial charge >= 0.3 is 0 Å². The summed E-state index contributed by atoms with van der Waals surface area (Å²) in [5, 5.41) is 13.2. The number of anilines is 1. The highest BCUT2D eigenvalue weighted by molar-refractivity contribution is 5.78. The van der Waals surface area contributed by atoms with E-state index in [1.807, 2.05) is 41.9 Å². The molecule has 0 atom stereocenters. The standard InChI is InChI=1S/C15H20N6/c1-10(2)21-9-13(8-18-21)16-6-12-5-14-11(3)19-20(4)15(14)17-7-12/h5,7-10,16H,6H2,1-4H3. The minimum Gasteiger partial charge on any atom is -0.378 e. The molecule has 0 aromatic carbocycles. The molecule has 110 valence electrons. The highest BCUT2D eigenvalue weighted by atomic mass is 15.3. The molecule has 1 N–H and O–H groups in total. The lowest BCUT2D eigenvalue weighted by molar-refractivity contribution is 0.532. The molecule has 0 unspecified atom stereocenters. The Hall–Kier alpha value is -2.37. The van der Waals surface area contributed by atoms with E-state index >= 15 is 0 Å². The third kappa shape index (κ3) is 2.61. The molecule has 3 aromatic heterocycles. The second-order valence-corrected chi connectivity index (χ2v) is 5.58. The predicted molar refractivity (Wildman–Crippen MR) is 83.2 cm³/mol. The second kappa shape index (κ2) is 5.20. The first-order valence-corrected chi connectivity index (χ1v) is 7.11. The average molecular weight is 284 g/mol. The molecule has 0 spiro atoms. The van der Waals surface area contributed by atoms with Crippen molar-refractivity contribution in [1.82, 2.24) is 24.5 Å². The number of nitrogens with one attached hydrogen (secondary N) is 1. The lowest BCUT2D eigenvalue weighted by Crippen LogP contribution is -2.01. The number of aromatic nitrogens is 5. The maximum Gasteiger partial charge on any atom is 0.157 e. The van der Waals surface area contributed by atoms with Crippen LogP contribution in [0.15, 0.2) is 24.7 Å². The topological polar surface area (TPSA) is 60.6 Å². The Balaban J connectivity index is 1.77. The molecule has 3 heterocycles. The van der Waals surface area contributed by atoms with E-state index in [0.29, 0.717) is 6.04 Å². The van der Waals surface area contributed by atoms with Crippen LogP contribution in [0.25, 0.3) is 11.0 Å². The summed E-state index contributed by atoms with van der Waals surface area (Å²) in [6.45, 7) is 6.95. The fourth-order valence-electron chi connectivity index (χ4n) is 2.36. The molecular weight excluding hydrogens is 264 g/mol. The molecule has 6 heteroatoms. The van der Waals surface area contributed by atoms with Gasteiger partial charge < -0.3 is 5.32 Å². The fourth-order valence-corrected chi connectivity index (χ4v) is 2.36. The SMILES string of the molecule is Cc1nn(C)c2ncc(CNc3cnn(C(C)C)c3)cc12. The molecule has 0 fully saturated rings. The summed E-state index contributed by atoms with van der Waals surface area (Å²) in [6.07, 6.45) is 5.76. The number of rotatable bonds is 4. The zero-order chi connectivity index (χ0) is 15.0. The Kier molecular flexibility index (Phi) is 3.37. The average Bonchev–Trinajstić information content (AvgIpc) is 3.03. The first-order chi connectivity index (χ1) is 10.0. The monoisotopic (exact) mass is 284 g/mol. The van der Waals surface area contributed by atoms with Crippen LogP contribution in [-0.4, -0.2) is 24.5 Å². The Bertz CT molecular complexity index is 768. The number of nitrogens with zero attached hydrogens (tertiary/aromatic N) is 5. The van der Waals surface area contributed by atoms with Crippen molar-refractivity contribution >= 4 is 16.7 Å². The molecule has 0 aliphatic rings. The van der Waals surface area contributed by atoms with Crippen molar-refractivity contribution in [2.45, 2.75) is 33.4 Å². The van der Waals surface area contributed by atoms with Crippen LogP contribution in [0.1, 0.15) is 31.1 Å². The van der Waals surface area contributed by atoms with Crippen molar-refractivity contribution in [3.63, 3.8) is 0 Å². The number of aryl methyl sites for hydroxylation is 2. The Morgan fingerprint density at radius 2 is 2.10 bits per heavy atom. The summed E-state index contributed by atoms with van der Waals surface area (Å²) < 4.78 is 3.75. The van der Waals surface area contributed by atoms with E-state index in [-0.39, 0.29) is 0 Å². The van der Waals surface area contributed by atoms with Gasteiger partial charge in [0.05, 0.1) is 17.6 Å². The Morgan fingerprint density at radius 1 is 1.29 bits per heavy atom. The van der Waals surface area contributed by atoms with Crippen molar-refractivity contribution in [3.05, 3.63) is 35.9 Å². The van der Waals surface area contributed by atoms with Crippen molar-refractivity contribution < 1.29 is 0 Å². The van der Waals surface area contributed by atoms with E-state index in [0.717, 1.165) is 34.5 Å². The van der Waals surface area contributed by atoms with Gasteiger partial charge in [0.1, 0.15) is 0 Å². The quantitative estimate of drug-likeness (QED) is 0.800. The summed E-state index contributed by atoms with van der Waals surface area (Å²) in [6, 6.07) is 2.52. The van der Waals surface area contributed by atoms with Crippen LogP contribution in [-0.2, 0) is 13.6 Å².